The lowest BCUT2D eigenvalue weighted by atomic mass is 10.3. The molecule has 2 heterocycles. The van der Waals surface area contributed by atoms with Gasteiger partial charge in [0.05, 0.1) is 26.5 Å². The fourth-order valence-electron chi connectivity index (χ4n) is 2.83. The van der Waals surface area contributed by atoms with Crippen molar-refractivity contribution in [3.05, 3.63) is 54.5 Å². The first kappa shape index (κ1) is 19.5. The maximum atomic E-state index is 12.0. The van der Waals surface area contributed by atoms with Gasteiger partial charge in [-0.15, -0.1) is 0 Å². The molecule has 0 spiro atoms. The number of fused-ring (bicyclic) bond motifs is 1. The summed E-state index contributed by atoms with van der Waals surface area (Å²) in [7, 11) is 3.25. The van der Waals surface area contributed by atoms with E-state index >= 15 is 0 Å². The third-order valence-corrected chi connectivity index (χ3v) is 4.30. The van der Waals surface area contributed by atoms with Gasteiger partial charge in [0.25, 0.3) is 0 Å². The second-order valence-corrected chi connectivity index (χ2v) is 6.27. The van der Waals surface area contributed by atoms with E-state index in [1.807, 2.05) is 53.2 Å². The number of pyridine rings is 1. The quantitative estimate of drug-likeness (QED) is 0.545. The van der Waals surface area contributed by atoms with Crippen LogP contribution in [0.3, 0.4) is 0 Å². The molecule has 0 saturated heterocycles. The smallest absolute Gasteiger partial charge is 0.220 e. The molecule has 0 saturated carbocycles. The zero-order chi connectivity index (χ0) is 19.8. The highest BCUT2D eigenvalue weighted by Gasteiger charge is 2.07. The van der Waals surface area contributed by atoms with Gasteiger partial charge in [-0.05, 0) is 42.8 Å². The molecular formula is C21H25N3O4. The molecule has 3 aromatic rings. The van der Waals surface area contributed by atoms with E-state index in [9.17, 15) is 4.79 Å². The summed E-state index contributed by atoms with van der Waals surface area (Å²) in [6, 6.07) is 11.2. The summed E-state index contributed by atoms with van der Waals surface area (Å²) in [4.78, 5) is 16.5. The largest absolute Gasteiger partial charge is 0.497 e. The van der Waals surface area contributed by atoms with Crippen molar-refractivity contribution in [2.45, 2.75) is 19.3 Å². The van der Waals surface area contributed by atoms with Crippen molar-refractivity contribution < 1.29 is 19.0 Å². The number of amides is 1. The SMILES string of the molecule is COc1ccc(OCCCC(=O)NCCc2cn3cccc(OC)c3n2)cc1. The Bertz CT molecular complexity index is 906. The number of hydrogen-bond donors (Lipinski definition) is 1. The summed E-state index contributed by atoms with van der Waals surface area (Å²) in [5.74, 6) is 2.30. The lowest BCUT2D eigenvalue weighted by Crippen LogP contribution is -2.25. The van der Waals surface area contributed by atoms with Crippen molar-refractivity contribution in [1.82, 2.24) is 14.7 Å². The lowest BCUT2D eigenvalue weighted by Gasteiger charge is -2.07. The molecule has 0 aliphatic rings. The molecule has 1 aromatic carbocycles. The molecule has 3 rings (SSSR count). The molecule has 0 fully saturated rings. The predicted octanol–water partition coefficient (Wildman–Crippen LogP) is 2.87. The zero-order valence-corrected chi connectivity index (χ0v) is 16.2. The molecule has 0 atom stereocenters. The molecule has 0 unspecified atom stereocenters. The van der Waals surface area contributed by atoms with E-state index in [0.29, 0.717) is 32.4 Å². The molecule has 2 aromatic heterocycles. The Labute approximate surface area is 164 Å². The van der Waals surface area contributed by atoms with Crippen LogP contribution in [0.15, 0.2) is 48.8 Å². The maximum Gasteiger partial charge on any atom is 0.220 e. The lowest BCUT2D eigenvalue weighted by molar-refractivity contribution is -0.121. The predicted molar refractivity (Wildman–Crippen MR) is 106 cm³/mol. The third-order valence-electron chi connectivity index (χ3n) is 4.30. The Hall–Kier alpha value is -3.22. The van der Waals surface area contributed by atoms with E-state index in [1.54, 1.807) is 14.2 Å². The van der Waals surface area contributed by atoms with Crippen LogP contribution in [0.1, 0.15) is 18.5 Å². The number of carbonyl (C=O) groups is 1. The van der Waals surface area contributed by atoms with Crippen molar-refractivity contribution in [3.63, 3.8) is 0 Å². The summed E-state index contributed by atoms with van der Waals surface area (Å²) in [6.07, 6.45) is 5.62. The molecule has 0 aliphatic carbocycles. The van der Waals surface area contributed by atoms with Crippen LogP contribution >= 0.6 is 0 Å². The Morgan fingerprint density at radius 1 is 1.11 bits per heavy atom. The second kappa shape index (κ2) is 9.64. The summed E-state index contributed by atoms with van der Waals surface area (Å²) >= 11 is 0. The number of methoxy groups -OCH3 is 2. The molecule has 7 heteroatoms. The second-order valence-electron chi connectivity index (χ2n) is 6.27. The van der Waals surface area contributed by atoms with Crippen molar-refractivity contribution >= 4 is 11.6 Å². The number of nitrogens with zero attached hydrogens (tertiary/aromatic N) is 2. The Morgan fingerprint density at radius 2 is 1.89 bits per heavy atom. The van der Waals surface area contributed by atoms with Gasteiger partial charge in [0.1, 0.15) is 11.5 Å². The average Bonchev–Trinajstić information content (AvgIpc) is 3.14. The van der Waals surface area contributed by atoms with Gasteiger partial charge >= 0.3 is 0 Å². The van der Waals surface area contributed by atoms with Crippen LogP contribution in [0.25, 0.3) is 5.65 Å². The Kier molecular flexibility index (Phi) is 6.73. The summed E-state index contributed by atoms with van der Waals surface area (Å²) in [5, 5.41) is 2.93. The molecule has 0 bridgehead atoms. The average molecular weight is 383 g/mol. The summed E-state index contributed by atoms with van der Waals surface area (Å²) in [6.45, 7) is 1.04. The monoisotopic (exact) mass is 383 g/mol. The van der Waals surface area contributed by atoms with E-state index in [4.69, 9.17) is 14.2 Å². The third kappa shape index (κ3) is 5.16. The standard InChI is InChI=1S/C21H25N3O4/c1-26-17-7-9-18(10-8-17)28-14-4-6-20(25)22-12-11-16-15-24-13-3-5-19(27-2)21(24)23-16/h3,5,7-10,13,15H,4,6,11-12,14H2,1-2H3,(H,22,25). The molecule has 1 amide bonds. The Morgan fingerprint density at radius 3 is 2.64 bits per heavy atom. The van der Waals surface area contributed by atoms with Gasteiger partial charge in [0, 0.05) is 31.8 Å². The highest BCUT2D eigenvalue weighted by atomic mass is 16.5. The van der Waals surface area contributed by atoms with Gasteiger partial charge in [-0.3, -0.25) is 4.79 Å². The summed E-state index contributed by atoms with van der Waals surface area (Å²) in [5.41, 5.74) is 1.69. The van der Waals surface area contributed by atoms with Gasteiger partial charge < -0.3 is 23.9 Å². The van der Waals surface area contributed by atoms with Crippen molar-refractivity contribution in [1.29, 1.82) is 0 Å². The highest BCUT2D eigenvalue weighted by molar-refractivity contribution is 5.75. The number of ether oxygens (including phenoxy) is 3. The van der Waals surface area contributed by atoms with Crippen LogP contribution in [0, 0.1) is 0 Å². The van der Waals surface area contributed by atoms with E-state index in [-0.39, 0.29) is 5.91 Å². The van der Waals surface area contributed by atoms with E-state index in [0.717, 1.165) is 28.6 Å². The normalized spacial score (nSPS) is 10.6. The van der Waals surface area contributed by atoms with Gasteiger partial charge in [0.2, 0.25) is 5.91 Å². The minimum Gasteiger partial charge on any atom is -0.497 e. The van der Waals surface area contributed by atoms with Crippen LogP contribution in [-0.2, 0) is 11.2 Å². The van der Waals surface area contributed by atoms with E-state index in [2.05, 4.69) is 10.3 Å². The minimum absolute atomic E-state index is 0.0136. The van der Waals surface area contributed by atoms with Crippen LogP contribution in [0.2, 0.25) is 0 Å². The van der Waals surface area contributed by atoms with Crippen molar-refractivity contribution in [2.75, 3.05) is 27.4 Å². The number of carbonyl (C=O) groups excluding carboxylic acids is 1. The molecule has 0 aliphatic heterocycles. The van der Waals surface area contributed by atoms with E-state index < -0.39 is 0 Å². The fraction of sp³-hybridized carbons (Fsp3) is 0.333. The van der Waals surface area contributed by atoms with Gasteiger partial charge in [0.15, 0.2) is 11.4 Å². The number of aromatic nitrogens is 2. The molecule has 28 heavy (non-hydrogen) atoms. The first-order valence-corrected chi connectivity index (χ1v) is 9.23. The van der Waals surface area contributed by atoms with Crippen LogP contribution in [0.5, 0.6) is 17.2 Å². The van der Waals surface area contributed by atoms with E-state index in [1.165, 1.54) is 0 Å². The first-order chi connectivity index (χ1) is 13.7. The fourth-order valence-corrected chi connectivity index (χ4v) is 2.83. The first-order valence-electron chi connectivity index (χ1n) is 9.23. The van der Waals surface area contributed by atoms with Crippen molar-refractivity contribution in [3.8, 4) is 17.2 Å². The molecule has 148 valence electrons. The van der Waals surface area contributed by atoms with Gasteiger partial charge in [-0.1, -0.05) is 0 Å². The summed E-state index contributed by atoms with van der Waals surface area (Å²) < 4.78 is 18.0. The maximum absolute atomic E-state index is 12.0. The van der Waals surface area contributed by atoms with Crippen LogP contribution in [0.4, 0.5) is 0 Å². The molecule has 7 nitrogen and oxygen atoms in total. The molecule has 0 radical (unpaired) electrons. The Balaban J connectivity index is 1.35. The highest BCUT2D eigenvalue weighted by Crippen LogP contribution is 2.18. The number of hydrogen-bond acceptors (Lipinski definition) is 5. The minimum atomic E-state index is 0.0136. The number of benzene rings is 1. The molecule has 1 N–H and O–H groups in total. The van der Waals surface area contributed by atoms with Crippen LogP contribution in [-0.4, -0.2) is 42.7 Å². The van der Waals surface area contributed by atoms with Crippen molar-refractivity contribution in [2.24, 2.45) is 0 Å². The zero-order valence-electron chi connectivity index (χ0n) is 16.2. The number of rotatable bonds is 10. The number of nitrogens with one attached hydrogen (secondary N) is 1. The molecular weight excluding hydrogens is 358 g/mol. The van der Waals surface area contributed by atoms with Crippen LogP contribution < -0.4 is 19.5 Å². The van der Waals surface area contributed by atoms with Gasteiger partial charge in [-0.2, -0.15) is 0 Å². The topological polar surface area (TPSA) is 74.1 Å². The number of imidazole rings is 1. The van der Waals surface area contributed by atoms with Gasteiger partial charge in [-0.25, -0.2) is 4.98 Å².